The molecular weight excluding hydrogens is 210 g/mol. The van der Waals surface area contributed by atoms with Gasteiger partial charge in [-0.25, -0.2) is 8.78 Å². The van der Waals surface area contributed by atoms with E-state index in [4.69, 9.17) is 0 Å². The van der Waals surface area contributed by atoms with E-state index in [1.54, 1.807) is 0 Å². The van der Waals surface area contributed by atoms with Crippen LogP contribution in [0.15, 0.2) is 12.1 Å². The van der Waals surface area contributed by atoms with Crippen LogP contribution in [0.3, 0.4) is 0 Å². The number of ketones is 1. The molecule has 0 saturated carbocycles. The maximum Gasteiger partial charge on any atom is 0.169 e. The molecule has 0 amide bonds. The molecule has 1 aromatic carbocycles. The molecule has 0 N–H and O–H groups in total. The minimum atomic E-state index is -1.01. The van der Waals surface area contributed by atoms with Crippen LogP contribution >= 0.6 is 0 Å². The van der Waals surface area contributed by atoms with Crippen molar-refractivity contribution >= 4 is 5.78 Å². The van der Waals surface area contributed by atoms with Crippen LogP contribution in [-0.4, -0.2) is 5.78 Å². The van der Waals surface area contributed by atoms with Crippen LogP contribution in [0.4, 0.5) is 8.78 Å². The van der Waals surface area contributed by atoms with Gasteiger partial charge in [-0.1, -0.05) is 25.8 Å². The summed E-state index contributed by atoms with van der Waals surface area (Å²) in [6.07, 6.45) is 2.94. The van der Waals surface area contributed by atoms with E-state index < -0.39 is 11.6 Å². The first-order valence-corrected chi connectivity index (χ1v) is 5.55. The summed E-state index contributed by atoms with van der Waals surface area (Å²) in [7, 11) is 0. The summed E-state index contributed by atoms with van der Waals surface area (Å²) in [6.45, 7) is 3.50. The van der Waals surface area contributed by atoms with E-state index in [0.717, 1.165) is 19.3 Å². The quantitative estimate of drug-likeness (QED) is 0.547. The molecule has 0 saturated heterocycles. The van der Waals surface area contributed by atoms with Gasteiger partial charge in [-0.2, -0.15) is 0 Å². The average molecular weight is 226 g/mol. The van der Waals surface area contributed by atoms with E-state index in [1.165, 1.54) is 19.1 Å². The molecule has 1 rings (SSSR count). The highest BCUT2D eigenvalue weighted by Gasteiger charge is 2.16. The molecule has 16 heavy (non-hydrogen) atoms. The Morgan fingerprint density at radius 3 is 2.50 bits per heavy atom. The lowest BCUT2D eigenvalue weighted by molar-refractivity contribution is 0.0974. The third kappa shape index (κ3) is 2.87. The van der Waals surface area contributed by atoms with Gasteiger partial charge < -0.3 is 0 Å². The van der Waals surface area contributed by atoms with E-state index in [9.17, 15) is 13.6 Å². The molecule has 0 fully saturated rings. The monoisotopic (exact) mass is 226 g/mol. The van der Waals surface area contributed by atoms with Crippen molar-refractivity contribution in [1.82, 2.24) is 0 Å². The van der Waals surface area contributed by atoms with E-state index in [2.05, 4.69) is 0 Å². The number of carbonyl (C=O) groups is 1. The molecule has 0 aliphatic carbocycles. The van der Waals surface area contributed by atoms with Gasteiger partial charge in [-0.3, -0.25) is 4.79 Å². The highest BCUT2D eigenvalue weighted by molar-refractivity contribution is 5.96. The minimum absolute atomic E-state index is 0.126. The van der Waals surface area contributed by atoms with Crippen LogP contribution in [0, 0.1) is 18.6 Å². The first kappa shape index (κ1) is 12.8. The van der Waals surface area contributed by atoms with Crippen molar-refractivity contribution in [2.75, 3.05) is 0 Å². The van der Waals surface area contributed by atoms with E-state index >= 15 is 0 Å². The summed E-state index contributed by atoms with van der Waals surface area (Å²) in [6, 6.07) is 2.80. The summed E-state index contributed by atoms with van der Waals surface area (Å²) in [4.78, 5) is 11.6. The second-order valence-electron chi connectivity index (χ2n) is 3.94. The lowest BCUT2D eigenvalue weighted by atomic mass is 10.0. The normalized spacial score (nSPS) is 10.5. The fourth-order valence-corrected chi connectivity index (χ4v) is 1.53. The zero-order valence-electron chi connectivity index (χ0n) is 9.65. The standard InChI is InChI=1S/C13H16F2O/c1-3-4-5-6-11(16)10-8-7-9(2)12(14)13(10)15/h7-8H,3-6H2,1-2H3. The second kappa shape index (κ2) is 5.73. The molecule has 0 aromatic heterocycles. The van der Waals surface area contributed by atoms with Crippen molar-refractivity contribution in [2.45, 2.75) is 39.5 Å². The number of aryl methyl sites for hydroxylation is 1. The Morgan fingerprint density at radius 2 is 1.88 bits per heavy atom. The number of Topliss-reactive ketones (excluding diaryl/α,β-unsaturated/α-hetero) is 1. The fraction of sp³-hybridized carbons (Fsp3) is 0.462. The van der Waals surface area contributed by atoms with Crippen LogP contribution < -0.4 is 0 Å². The lowest BCUT2D eigenvalue weighted by Gasteiger charge is -2.04. The van der Waals surface area contributed by atoms with Gasteiger partial charge in [-0.15, -0.1) is 0 Å². The van der Waals surface area contributed by atoms with Crippen molar-refractivity contribution in [3.05, 3.63) is 34.9 Å². The molecule has 1 aromatic rings. The van der Waals surface area contributed by atoms with Gasteiger partial charge in [0.15, 0.2) is 17.4 Å². The third-order valence-electron chi connectivity index (χ3n) is 2.58. The number of hydrogen-bond acceptors (Lipinski definition) is 1. The van der Waals surface area contributed by atoms with Crippen molar-refractivity contribution in [2.24, 2.45) is 0 Å². The Kier molecular flexibility index (Phi) is 4.59. The molecule has 88 valence electrons. The smallest absolute Gasteiger partial charge is 0.169 e. The van der Waals surface area contributed by atoms with Crippen molar-refractivity contribution in [3.8, 4) is 0 Å². The summed E-state index contributed by atoms with van der Waals surface area (Å²) >= 11 is 0. The van der Waals surface area contributed by atoms with Crippen LogP contribution in [0.1, 0.15) is 48.5 Å². The zero-order valence-corrected chi connectivity index (χ0v) is 9.65. The highest BCUT2D eigenvalue weighted by Crippen LogP contribution is 2.18. The number of rotatable bonds is 5. The van der Waals surface area contributed by atoms with Crippen LogP contribution in [0.25, 0.3) is 0 Å². The van der Waals surface area contributed by atoms with Gasteiger partial charge in [-0.05, 0) is 25.0 Å². The summed E-state index contributed by atoms with van der Waals surface area (Å²) in [5, 5.41) is 0. The van der Waals surface area contributed by atoms with Crippen LogP contribution in [0.2, 0.25) is 0 Å². The summed E-state index contributed by atoms with van der Waals surface area (Å²) in [5.41, 5.74) is 0.0989. The molecule has 0 bridgehead atoms. The van der Waals surface area contributed by atoms with Crippen LogP contribution in [0.5, 0.6) is 0 Å². The second-order valence-corrected chi connectivity index (χ2v) is 3.94. The summed E-state index contributed by atoms with van der Waals surface area (Å²) < 4.78 is 26.6. The largest absolute Gasteiger partial charge is 0.294 e. The Morgan fingerprint density at radius 1 is 1.19 bits per heavy atom. The number of halogens is 2. The van der Waals surface area contributed by atoms with E-state index in [-0.39, 0.29) is 23.3 Å². The maximum absolute atomic E-state index is 13.4. The zero-order chi connectivity index (χ0) is 12.1. The Labute approximate surface area is 94.5 Å². The number of benzene rings is 1. The number of unbranched alkanes of at least 4 members (excludes halogenated alkanes) is 2. The Hall–Kier alpha value is -1.25. The molecule has 0 unspecified atom stereocenters. The molecule has 0 atom stereocenters. The maximum atomic E-state index is 13.4. The van der Waals surface area contributed by atoms with Crippen molar-refractivity contribution < 1.29 is 13.6 Å². The van der Waals surface area contributed by atoms with Gasteiger partial charge in [0.25, 0.3) is 0 Å². The molecule has 0 radical (unpaired) electrons. The van der Waals surface area contributed by atoms with Gasteiger partial charge in [0.2, 0.25) is 0 Å². The molecule has 3 heteroatoms. The first-order chi connectivity index (χ1) is 7.57. The Balaban J connectivity index is 2.80. The topological polar surface area (TPSA) is 17.1 Å². The highest BCUT2D eigenvalue weighted by atomic mass is 19.2. The minimum Gasteiger partial charge on any atom is -0.294 e. The molecule has 0 heterocycles. The molecular formula is C13H16F2O. The van der Waals surface area contributed by atoms with Crippen LogP contribution in [-0.2, 0) is 0 Å². The van der Waals surface area contributed by atoms with E-state index in [0.29, 0.717) is 0 Å². The lowest BCUT2D eigenvalue weighted by Crippen LogP contribution is -2.05. The number of carbonyl (C=O) groups excluding carboxylic acids is 1. The number of hydrogen-bond donors (Lipinski definition) is 0. The molecule has 0 aliphatic rings. The SMILES string of the molecule is CCCCCC(=O)c1ccc(C)c(F)c1F. The fourth-order valence-electron chi connectivity index (χ4n) is 1.53. The molecule has 0 aliphatic heterocycles. The predicted octanol–water partition coefficient (Wildman–Crippen LogP) is 4.04. The van der Waals surface area contributed by atoms with Crippen molar-refractivity contribution in [3.63, 3.8) is 0 Å². The summed E-state index contributed by atoms with van der Waals surface area (Å²) in [5.74, 6) is -2.24. The van der Waals surface area contributed by atoms with Gasteiger partial charge >= 0.3 is 0 Å². The van der Waals surface area contributed by atoms with Gasteiger partial charge in [0.1, 0.15) is 0 Å². The molecule has 1 nitrogen and oxygen atoms in total. The van der Waals surface area contributed by atoms with Gasteiger partial charge in [0, 0.05) is 6.42 Å². The van der Waals surface area contributed by atoms with Crippen molar-refractivity contribution in [1.29, 1.82) is 0 Å². The van der Waals surface area contributed by atoms with Gasteiger partial charge in [0.05, 0.1) is 5.56 Å². The molecule has 0 spiro atoms. The Bertz CT molecular complexity index is 386. The third-order valence-corrected chi connectivity index (χ3v) is 2.58. The predicted molar refractivity (Wildman–Crippen MR) is 59.6 cm³/mol. The van der Waals surface area contributed by atoms with E-state index in [1.807, 2.05) is 6.92 Å². The average Bonchev–Trinajstić information content (AvgIpc) is 2.26. The first-order valence-electron chi connectivity index (χ1n) is 5.55.